The molecule has 72 valence electrons. The molecule has 14 heavy (non-hydrogen) atoms. The molecule has 0 aliphatic heterocycles. The van der Waals surface area contributed by atoms with Crippen LogP contribution in [0.2, 0.25) is 0 Å². The van der Waals surface area contributed by atoms with E-state index in [1.54, 1.807) is 12.4 Å². The highest BCUT2D eigenvalue weighted by atomic mass is 16.2. The van der Waals surface area contributed by atoms with E-state index in [1.165, 1.54) is 0 Å². The average Bonchev–Trinajstić information content (AvgIpc) is 2.87. The number of carbonyl (C=O) groups excluding carboxylic acids is 1. The number of H-pyrrole nitrogens is 2. The molecule has 0 spiro atoms. The maximum atomic E-state index is 11.3. The van der Waals surface area contributed by atoms with Crippen LogP contribution < -0.4 is 5.32 Å². The third-order valence-corrected chi connectivity index (χ3v) is 1.56. The minimum Gasteiger partial charge on any atom is -0.345 e. The molecule has 2 aromatic heterocycles. The zero-order valence-corrected chi connectivity index (χ0v) is 7.06. The molecule has 2 rings (SSSR count). The molecule has 0 aromatic carbocycles. The van der Waals surface area contributed by atoms with Gasteiger partial charge in [-0.1, -0.05) is 0 Å². The van der Waals surface area contributed by atoms with Gasteiger partial charge in [0, 0.05) is 18.3 Å². The normalized spacial score (nSPS) is 10.0. The Bertz CT molecular complexity index is 392. The molecule has 0 aliphatic carbocycles. The van der Waals surface area contributed by atoms with Crippen molar-refractivity contribution < 1.29 is 4.79 Å². The number of carbonyl (C=O) groups is 1. The van der Waals surface area contributed by atoms with Gasteiger partial charge in [0.25, 0.3) is 11.7 Å². The second-order valence-corrected chi connectivity index (χ2v) is 2.52. The Morgan fingerprint density at radius 2 is 2.50 bits per heavy atom. The summed E-state index contributed by atoms with van der Waals surface area (Å²) in [5, 5.41) is 21.5. The van der Waals surface area contributed by atoms with Gasteiger partial charge in [0.2, 0.25) is 0 Å². The van der Waals surface area contributed by atoms with Gasteiger partial charge in [0.1, 0.15) is 0 Å². The summed E-state index contributed by atoms with van der Waals surface area (Å²) in [6.45, 7) is 0.379. The lowest BCUT2D eigenvalue weighted by molar-refractivity contribution is 0.0940. The maximum Gasteiger partial charge on any atom is 0.293 e. The second-order valence-electron chi connectivity index (χ2n) is 2.52. The van der Waals surface area contributed by atoms with Crippen molar-refractivity contribution in [3.63, 3.8) is 0 Å². The lowest BCUT2D eigenvalue weighted by atomic mass is 10.3. The Kier molecular flexibility index (Phi) is 2.17. The first kappa shape index (κ1) is 8.35. The minimum absolute atomic E-state index is 0.0218. The molecule has 0 aliphatic rings. The number of nitrogens with one attached hydrogen (secondary N) is 3. The molecule has 0 atom stereocenters. The van der Waals surface area contributed by atoms with Crippen LogP contribution in [0.25, 0.3) is 0 Å². The monoisotopic (exact) mass is 193 g/mol. The number of aromatic amines is 2. The van der Waals surface area contributed by atoms with Crippen molar-refractivity contribution in [1.29, 1.82) is 0 Å². The summed E-state index contributed by atoms with van der Waals surface area (Å²) in [5.41, 5.74) is 0.877. The fourth-order valence-corrected chi connectivity index (χ4v) is 0.894. The van der Waals surface area contributed by atoms with Crippen LogP contribution in [0.4, 0.5) is 0 Å². The molecule has 3 N–H and O–H groups in total. The SMILES string of the molecule is O=C(NCc1cn[nH]c1)c1nn[nH]n1. The molecule has 2 aromatic rings. The van der Waals surface area contributed by atoms with E-state index in [4.69, 9.17) is 0 Å². The Morgan fingerprint density at radius 3 is 3.14 bits per heavy atom. The number of rotatable bonds is 3. The van der Waals surface area contributed by atoms with E-state index in [1.807, 2.05) is 0 Å². The number of hydrogen-bond donors (Lipinski definition) is 3. The summed E-state index contributed by atoms with van der Waals surface area (Å²) < 4.78 is 0. The van der Waals surface area contributed by atoms with Gasteiger partial charge in [-0.3, -0.25) is 9.89 Å². The fourth-order valence-electron chi connectivity index (χ4n) is 0.894. The van der Waals surface area contributed by atoms with E-state index in [-0.39, 0.29) is 11.7 Å². The zero-order chi connectivity index (χ0) is 9.80. The van der Waals surface area contributed by atoms with Crippen LogP contribution in [0, 0.1) is 0 Å². The van der Waals surface area contributed by atoms with Gasteiger partial charge >= 0.3 is 0 Å². The summed E-state index contributed by atoms with van der Waals surface area (Å²) in [6, 6.07) is 0. The van der Waals surface area contributed by atoms with E-state index >= 15 is 0 Å². The molecular weight excluding hydrogens is 186 g/mol. The fraction of sp³-hybridized carbons (Fsp3) is 0.167. The molecule has 8 heteroatoms. The van der Waals surface area contributed by atoms with Gasteiger partial charge in [0.05, 0.1) is 6.20 Å². The summed E-state index contributed by atoms with van der Waals surface area (Å²) in [5.74, 6) is -0.353. The van der Waals surface area contributed by atoms with Crippen LogP contribution in [0.1, 0.15) is 16.2 Å². The third kappa shape index (κ3) is 1.73. The van der Waals surface area contributed by atoms with Crippen molar-refractivity contribution in [2.24, 2.45) is 0 Å². The molecule has 2 heterocycles. The van der Waals surface area contributed by atoms with Crippen molar-refractivity contribution >= 4 is 5.91 Å². The van der Waals surface area contributed by atoms with E-state index in [2.05, 4.69) is 36.1 Å². The van der Waals surface area contributed by atoms with E-state index in [0.717, 1.165) is 5.56 Å². The third-order valence-electron chi connectivity index (χ3n) is 1.56. The van der Waals surface area contributed by atoms with Crippen molar-refractivity contribution in [2.45, 2.75) is 6.54 Å². The number of aromatic nitrogens is 6. The smallest absolute Gasteiger partial charge is 0.293 e. The Morgan fingerprint density at radius 1 is 1.57 bits per heavy atom. The van der Waals surface area contributed by atoms with Gasteiger partial charge in [-0.15, -0.1) is 10.2 Å². The quantitative estimate of drug-likeness (QED) is 0.570. The standard InChI is InChI=1S/C6H7N7O/c14-6(5-10-12-13-11-5)7-1-4-2-8-9-3-4/h2-3H,1H2,(H,7,14)(H,8,9)(H,10,11,12,13). The maximum absolute atomic E-state index is 11.3. The Balaban J connectivity index is 1.90. The second kappa shape index (κ2) is 3.64. The molecule has 0 fully saturated rings. The predicted octanol–water partition coefficient (Wildman–Crippen LogP) is -1.15. The minimum atomic E-state index is -0.375. The average molecular weight is 193 g/mol. The molecular formula is C6H7N7O. The highest BCUT2D eigenvalue weighted by molar-refractivity contribution is 5.89. The van der Waals surface area contributed by atoms with E-state index in [0.29, 0.717) is 6.54 Å². The number of tetrazole rings is 1. The van der Waals surface area contributed by atoms with Gasteiger partial charge < -0.3 is 5.32 Å². The highest BCUT2D eigenvalue weighted by Crippen LogP contribution is 1.93. The molecule has 8 nitrogen and oxygen atoms in total. The van der Waals surface area contributed by atoms with Crippen molar-refractivity contribution in [1.82, 2.24) is 36.1 Å². The number of nitrogens with zero attached hydrogens (tertiary/aromatic N) is 4. The molecule has 1 amide bonds. The lowest BCUT2D eigenvalue weighted by Crippen LogP contribution is -2.23. The molecule has 0 saturated heterocycles. The van der Waals surface area contributed by atoms with Crippen LogP contribution in [-0.4, -0.2) is 36.7 Å². The molecule has 0 radical (unpaired) electrons. The topological polar surface area (TPSA) is 112 Å². The van der Waals surface area contributed by atoms with Crippen molar-refractivity contribution in [3.05, 3.63) is 23.8 Å². The van der Waals surface area contributed by atoms with Gasteiger partial charge in [0.15, 0.2) is 0 Å². The Hall–Kier alpha value is -2.25. The highest BCUT2D eigenvalue weighted by Gasteiger charge is 2.09. The summed E-state index contributed by atoms with van der Waals surface area (Å²) in [7, 11) is 0. The molecule has 0 bridgehead atoms. The van der Waals surface area contributed by atoms with Crippen LogP contribution >= 0.6 is 0 Å². The lowest BCUT2D eigenvalue weighted by Gasteiger charge is -1.97. The number of amides is 1. The van der Waals surface area contributed by atoms with Gasteiger partial charge in [-0.25, -0.2) is 0 Å². The summed E-state index contributed by atoms with van der Waals surface area (Å²) in [4.78, 5) is 11.3. The van der Waals surface area contributed by atoms with Crippen LogP contribution in [0.15, 0.2) is 12.4 Å². The van der Waals surface area contributed by atoms with Gasteiger partial charge in [-0.2, -0.15) is 10.3 Å². The van der Waals surface area contributed by atoms with Crippen molar-refractivity contribution in [2.75, 3.05) is 0 Å². The van der Waals surface area contributed by atoms with E-state index < -0.39 is 0 Å². The summed E-state index contributed by atoms with van der Waals surface area (Å²) in [6.07, 6.45) is 3.31. The van der Waals surface area contributed by atoms with Crippen LogP contribution in [0.3, 0.4) is 0 Å². The van der Waals surface area contributed by atoms with Gasteiger partial charge in [-0.05, 0) is 5.21 Å². The Labute approximate surface area is 78.1 Å². The van der Waals surface area contributed by atoms with Crippen molar-refractivity contribution in [3.8, 4) is 0 Å². The molecule has 0 saturated carbocycles. The van der Waals surface area contributed by atoms with Crippen LogP contribution in [-0.2, 0) is 6.54 Å². The largest absolute Gasteiger partial charge is 0.345 e. The van der Waals surface area contributed by atoms with E-state index in [9.17, 15) is 4.79 Å². The first-order chi connectivity index (χ1) is 6.86. The zero-order valence-electron chi connectivity index (χ0n) is 7.06. The first-order valence-electron chi connectivity index (χ1n) is 3.85. The summed E-state index contributed by atoms with van der Waals surface area (Å²) >= 11 is 0. The molecule has 0 unspecified atom stereocenters. The first-order valence-corrected chi connectivity index (χ1v) is 3.85. The predicted molar refractivity (Wildman–Crippen MR) is 43.9 cm³/mol. The van der Waals surface area contributed by atoms with Crippen LogP contribution in [0.5, 0.6) is 0 Å². The number of hydrogen-bond acceptors (Lipinski definition) is 5.